The van der Waals surface area contributed by atoms with Crippen LogP contribution in [-0.2, 0) is 13.0 Å². The molecule has 0 amide bonds. The number of thiophene rings is 1. The second-order valence-electron chi connectivity index (χ2n) is 4.25. The molecule has 5 heteroatoms. The predicted octanol–water partition coefficient (Wildman–Crippen LogP) is 2.10. The van der Waals surface area contributed by atoms with Crippen LogP contribution < -0.4 is 11.3 Å². The number of anilines is 1. The van der Waals surface area contributed by atoms with Crippen molar-refractivity contribution in [2.75, 3.05) is 19.0 Å². The van der Waals surface area contributed by atoms with Crippen molar-refractivity contribution in [3.05, 3.63) is 46.4 Å². The first kappa shape index (κ1) is 13.0. The molecule has 0 spiro atoms. The van der Waals surface area contributed by atoms with Gasteiger partial charge in [-0.05, 0) is 37.0 Å². The maximum Gasteiger partial charge on any atom is 0.0564 e. The Balaban J connectivity index is 1.84. The Labute approximate surface area is 111 Å². The van der Waals surface area contributed by atoms with Gasteiger partial charge in [-0.3, -0.25) is 10.8 Å². The number of nitrogens with two attached hydrogens (primary N) is 1. The lowest BCUT2D eigenvalue weighted by atomic mass is 10.3. The minimum Gasteiger partial charge on any atom is -0.324 e. The van der Waals surface area contributed by atoms with E-state index in [4.69, 9.17) is 5.84 Å². The van der Waals surface area contributed by atoms with Crippen LogP contribution in [0.25, 0.3) is 0 Å². The van der Waals surface area contributed by atoms with Crippen LogP contribution in [0.5, 0.6) is 0 Å². The van der Waals surface area contributed by atoms with Crippen LogP contribution in [0.4, 0.5) is 5.69 Å². The lowest BCUT2D eigenvalue weighted by molar-refractivity contribution is 0.328. The number of nitrogens with one attached hydrogen (secondary N) is 1. The van der Waals surface area contributed by atoms with Crippen LogP contribution in [0.2, 0.25) is 0 Å². The summed E-state index contributed by atoms with van der Waals surface area (Å²) in [6, 6.07) is 8.10. The van der Waals surface area contributed by atoms with E-state index in [-0.39, 0.29) is 0 Å². The number of aromatic nitrogens is 1. The van der Waals surface area contributed by atoms with E-state index in [0.717, 1.165) is 30.9 Å². The number of hydrogen-bond acceptors (Lipinski definition) is 5. The molecule has 18 heavy (non-hydrogen) atoms. The standard InChI is InChI=1S/C13H18N4S/c1-17(7-5-13-3-2-8-18-13)10-12-9-11(16-14)4-6-15-12/h2-4,6,8-9H,5,7,10,14H2,1H3,(H,15,16). The molecule has 2 aromatic rings. The summed E-state index contributed by atoms with van der Waals surface area (Å²) in [5, 5.41) is 2.12. The molecule has 0 fully saturated rings. The number of likely N-dealkylation sites (N-methyl/N-ethyl adjacent to an activating group) is 1. The molecule has 0 aliphatic heterocycles. The number of rotatable bonds is 6. The minimum atomic E-state index is 0.834. The highest BCUT2D eigenvalue weighted by Gasteiger charge is 2.03. The first-order valence-electron chi connectivity index (χ1n) is 5.90. The molecular weight excluding hydrogens is 244 g/mol. The molecular formula is C13H18N4S. The SMILES string of the molecule is CN(CCc1cccs1)Cc1cc(NN)ccn1. The molecule has 4 nitrogen and oxygen atoms in total. The fraction of sp³-hybridized carbons (Fsp3) is 0.308. The largest absolute Gasteiger partial charge is 0.324 e. The Kier molecular flexibility index (Phi) is 4.69. The molecule has 0 saturated heterocycles. The van der Waals surface area contributed by atoms with Gasteiger partial charge in [0.25, 0.3) is 0 Å². The Morgan fingerprint density at radius 1 is 1.44 bits per heavy atom. The lowest BCUT2D eigenvalue weighted by Crippen LogP contribution is -2.21. The average molecular weight is 262 g/mol. The zero-order valence-corrected chi connectivity index (χ0v) is 11.3. The summed E-state index contributed by atoms with van der Waals surface area (Å²) in [4.78, 5) is 8.03. The molecule has 0 atom stereocenters. The first-order valence-corrected chi connectivity index (χ1v) is 6.78. The van der Waals surface area contributed by atoms with Crippen molar-refractivity contribution in [1.82, 2.24) is 9.88 Å². The van der Waals surface area contributed by atoms with Crippen LogP contribution in [0, 0.1) is 0 Å². The van der Waals surface area contributed by atoms with Crippen molar-refractivity contribution >= 4 is 17.0 Å². The van der Waals surface area contributed by atoms with Gasteiger partial charge in [0.1, 0.15) is 0 Å². The van der Waals surface area contributed by atoms with Crippen molar-refractivity contribution in [2.45, 2.75) is 13.0 Å². The third-order valence-electron chi connectivity index (χ3n) is 2.74. The average Bonchev–Trinajstić information content (AvgIpc) is 2.90. The van der Waals surface area contributed by atoms with E-state index in [1.165, 1.54) is 4.88 Å². The first-order chi connectivity index (χ1) is 8.78. The van der Waals surface area contributed by atoms with Gasteiger partial charge in [0.15, 0.2) is 0 Å². The third-order valence-corrected chi connectivity index (χ3v) is 3.67. The summed E-state index contributed by atoms with van der Waals surface area (Å²) in [5.74, 6) is 5.38. The smallest absolute Gasteiger partial charge is 0.0564 e. The Bertz CT molecular complexity index is 470. The summed E-state index contributed by atoms with van der Waals surface area (Å²) < 4.78 is 0. The number of hydrazine groups is 1. The maximum atomic E-state index is 5.38. The summed E-state index contributed by atoms with van der Waals surface area (Å²) in [6.45, 7) is 1.86. The molecule has 2 heterocycles. The van der Waals surface area contributed by atoms with E-state index < -0.39 is 0 Å². The lowest BCUT2D eigenvalue weighted by Gasteiger charge is -2.15. The van der Waals surface area contributed by atoms with Crippen molar-refractivity contribution in [2.24, 2.45) is 5.84 Å². The molecule has 0 bridgehead atoms. The maximum absolute atomic E-state index is 5.38. The van der Waals surface area contributed by atoms with E-state index in [1.54, 1.807) is 6.20 Å². The number of hydrogen-bond donors (Lipinski definition) is 2. The van der Waals surface area contributed by atoms with Crippen molar-refractivity contribution in [3.8, 4) is 0 Å². The fourth-order valence-electron chi connectivity index (χ4n) is 1.77. The van der Waals surface area contributed by atoms with Crippen LogP contribution in [-0.4, -0.2) is 23.5 Å². The Hall–Kier alpha value is -1.43. The van der Waals surface area contributed by atoms with Gasteiger partial charge in [0.2, 0.25) is 0 Å². The number of pyridine rings is 1. The quantitative estimate of drug-likeness (QED) is 0.618. The van der Waals surface area contributed by atoms with E-state index in [1.807, 2.05) is 23.5 Å². The fourth-order valence-corrected chi connectivity index (χ4v) is 2.46. The molecule has 0 radical (unpaired) electrons. The number of nitrogens with zero attached hydrogens (tertiary/aromatic N) is 2. The van der Waals surface area contributed by atoms with E-state index in [0.29, 0.717) is 0 Å². The normalized spacial score (nSPS) is 10.8. The molecule has 2 aromatic heterocycles. The van der Waals surface area contributed by atoms with Gasteiger partial charge < -0.3 is 10.3 Å². The second kappa shape index (κ2) is 6.49. The molecule has 2 rings (SSSR count). The van der Waals surface area contributed by atoms with E-state index in [9.17, 15) is 0 Å². The molecule has 0 saturated carbocycles. The van der Waals surface area contributed by atoms with Gasteiger partial charge in [-0.2, -0.15) is 0 Å². The molecule has 96 valence electrons. The van der Waals surface area contributed by atoms with Gasteiger partial charge >= 0.3 is 0 Å². The highest BCUT2D eigenvalue weighted by molar-refractivity contribution is 7.09. The van der Waals surface area contributed by atoms with E-state index >= 15 is 0 Å². The van der Waals surface area contributed by atoms with Crippen molar-refractivity contribution in [3.63, 3.8) is 0 Å². The van der Waals surface area contributed by atoms with Gasteiger partial charge in [-0.15, -0.1) is 11.3 Å². The van der Waals surface area contributed by atoms with E-state index in [2.05, 4.69) is 39.9 Å². The zero-order valence-electron chi connectivity index (χ0n) is 10.5. The second-order valence-corrected chi connectivity index (χ2v) is 5.28. The molecule has 0 aromatic carbocycles. The molecule has 0 aliphatic carbocycles. The van der Waals surface area contributed by atoms with Crippen molar-refractivity contribution < 1.29 is 0 Å². The van der Waals surface area contributed by atoms with Gasteiger partial charge in [0.05, 0.1) is 11.4 Å². The topological polar surface area (TPSA) is 54.2 Å². The van der Waals surface area contributed by atoms with Gasteiger partial charge in [-0.1, -0.05) is 6.07 Å². The highest BCUT2D eigenvalue weighted by atomic mass is 32.1. The predicted molar refractivity (Wildman–Crippen MR) is 76.4 cm³/mol. The zero-order chi connectivity index (χ0) is 12.8. The summed E-state index contributed by atoms with van der Waals surface area (Å²) in [5.41, 5.74) is 4.56. The third kappa shape index (κ3) is 3.80. The Morgan fingerprint density at radius 3 is 3.06 bits per heavy atom. The molecule has 0 aliphatic rings. The summed E-state index contributed by atoms with van der Waals surface area (Å²) in [7, 11) is 2.11. The monoisotopic (exact) mass is 262 g/mol. The molecule has 0 unspecified atom stereocenters. The summed E-state index contributed by atoms with van der Waals surface area (Å²) in [6.07, 6.45) is 2.86. The molecule has 3 N–H and O–H groups in total. The van der Waals surface area contributed by atoms with Gasteiger partial charge in [-0.25, -0.2) is 0 Å². The van der Waals surface area contributed by atoms with Gasteiger partial charge in [0, 0.05) is 24.2 Å². The van der Waals surface area contributed by atoms with Crippen LogP contribution in [0.3, 0.4) is 0 Å². The van der Waals surface area contributed by atoms with Crippen LogP contribution in [0.15, 0.2) is 35.8 Å². The van der Waals surface area contributed by atoms with Crippen LogP contribution >= 0.6 is 11.3 Å². The van der Waals surface area contributed by atoms with Crippen molar-refractivity contribution in [1.29, 1.82) is 0 Å². The minimum absolute atomic E-state index is 0.834. The van der Waals surface area contributed by atoms with Crippen LogP contribution in [0.1, 0.15) is 10.6 Å². The highest BCUT2D eigenvalue weighted by Crippen LogP contribution is 2.11. The Morgan fingerprint density at radius 2 is 2.33 bits per heavy atom. The summed E-state index contributed by atoms with van der Waals surface area (Å²) >= 11 is 1.81. The number of nitrogen functional groups attached to an aromatic ring is 1.